The maximum Gasteiger partial charge on any atom is 0.252 e. The molecule has 0 aliphatic heterocycles. The Morgan fingerprint density at radius 3 is 2.62 bits per heavy atom. The number of benzene rings is 1. The van der Waals surface area contributed by atoms with Crippen LogP contribution in [0.3, 0.4) is 0 Å². The molecule has 0 bridgehead atoms. The quantitative estimate of drug-likeness (QED) is 0.439. The number of aromatic nitrogens is 2. The normalized spacial score (nSPS) is 12.2. The summed E-state index contributed by atoms with van der Waals surface area (Å²) in [6, 6.07) is 8.44. The van der Waals surface area contributed by atoms with Crippen molar-refractivity contribution in [3.05, 3.63) is 48.3 Å². The van der Waals surface area contributed by atoms with Crippen molar-refractivity contribution in [2.45, 2.75) is 25.3 Å². The Kier molecular flexibility index (Phi) is 5.38. The maximum absolute atomic E-state index is 12.8. The van der Waals surface area contributed by atoms with Gasteiger partial charge in [-0.2, -0.15) is 0 Å². The van der Waals surface area contributed by atoms with Crippen molar-refractivity contribution in [3.63, 3.8) is 0 Å². The van der Waals surface area contributed by atoms with Gasteiger partial charge >= 0.3 is 0 Å². The van der Waals surface area contributed by atoms with Gasteiger partial charge in [0.25, 0.3) is 5.91 Å². The number of amides is 2. The van der Waals surface area contributed by atoms with Crippen molar-refractivity contribution >= 4 is 33.6 Å². The van der Waals surface area contributed by atoms with Crippen molar-refractivity contribution in [1.29, 1.82) is 0 Å². The van der Waals surface area contributed by atoms with Crippen LogP contribution in [0.1, 0.15) is 29.6 Å². The Labute approximate surface area is 150 Å². The van der Waals surface area contributed by atoms with E-state index in [0.717, 1.165) is 23.7 Å². The number of carbonyl (C=O) groups is 2. The van der Waals surface area contributed by atoms with Gasteiger partial charge < -0.3 is 16.8 Å². The Morgan fingerprint density at radius 1 is 1.04 bits per heavy atom. The van der Waals surface area contributed by atoms with E-state index < -0.39 is 11.9 Å². The standard InChI is InChI=1S/C19H21N5O2/c20-9-2-1-5-15(18(21)25)24-19(26)14-8-11-23-17-13(14)7-6-12-4-3-10-22-16(12)17/h3-4,6-8,10-11,15H,1-2,5,9,20H2,(H2,21,25)(H,24,26)/t15-/m0/s1. The lowest BCUT2D eigenvalue weighted by molar-refractivity contribution is -0.120. The van der Waals surface area contributed by atoms with Gasteiger partial charge in [-0.05, 0) is 37.9 Å². The van der Waals surface area contributed by atoms with E-state index in [9.17, 15) is 9.59 Å². The first-order valence-electron chi connectivity index (χ1n) is 8.54. The molecule has 7 heteroatoms. The fourth-order valence-corrected chi connectivity index (χ4v) is 2.97. The summed E-state index contributed by atoms with van der Waals surface area (Å²) in [6.07, 6.45) is 5.22. The summed E-state index contributed by atoms with van der Waals surface area (Å²) in [5.41, 5.74) is 12.7. The molecule has 0 aliphatic rings. The second kappa shape index (κ2) is 7.88. The first-order chi connectivity index (χ1) is 12.6. The molecule has 0 saturated heterocycles. The summed E-state index contributed by atoms with van der Waals surface area (Å²) in [5, 5.41) is 4.36. The molecule has 0 radical (unpaired) electrons. The third-order valence-corrected chi connectivity index (χ3v) is 4.32. The Morgan fingerprint density at radius 2 is 1.85 bits per heavy atom. The monoisotopic (exact) mass is 351 g/mol. The number of unbranched alkanes of at least 4 members (excludes halogenated alkanes) is 1. The van der Waals surface area contributed by atoms with Gasteiger partial charge in [0.15, 0.2) is 0 Å². The number of hydrogen-bond acceptors (Lipinski definition) is 5. The molecule has 0 unspecified atom stereocenters. The number of hydrogen-bond donors (Lipinski definition) is 3. The predicted octanol–water partition coefficient (Wildman–Crippen LogP) is 1.50. The molecule has 26 heavy (non-hydrogen) atoms. The number of rotatable bonds is 7. The summed E-state index contributed by atoms with van der Waals surface area (Å²) in [5.74, 6) is -0.912. The van der Waals surface area contributed by atoms with Crippen LogP contribution in [0.5, 0.6) is 0 Å². The molecule has 2 heterocycles. The first kappa shape index (κ1) is 17.8. The van der Waals surface area contributed by atoms with E-state index in [1.165, 1.54) is 0 Å². The first-order valence-corrected chi connectivity index (χ1v) is 8.54. The molecule has 0 aliphatic carbocycles. The SMILES string of the molecule is NCCCC[C@H](NC(=O)c1ccnc2c1ccc1cccnc12)C(N)=O. The van der Waals surface area contributed by atoms with Crippen molar-refractivity contribution < 1.29 is 9.59 Å². The van der Waals surface area contributed by atoms with Crippen LogP contribution in [0.2, 0.25) is 0 Å². The van der Waals surface area contributed by atoms with Crippen molar-refractivity contribution in [2.75, 3.05) is 6.54 Å². The lowest BCUT2D eigenvalue weighted by Crippen LogP contribution is -2.44. The van der Waals surface area contributed by atoms with E-state index in [1.807, 2.05) is 24.3 Å². The highest BCUT2D eigenvalue weighted by Crippen LogP contribution is 2.24. The number of nitrogens with two attached hydrogens (primary N) is 2. The van der Waals surface area contributed by atoms with E-state index in [-0.39, 0.29) is 5.91 Å². The third-order valence-electron chi connectivity index (χ3n) is 4.32. The highest BCUT2D eigenvalue weighted by molar-refractivity contribution is 6.12. The van der Waals surface area contributed by atoms with Gasteiger partial charge in [-0.25, -0.2) is 0 Å². The molecular formula is C19H21N5O2. The molecule has 2 amide bonds. The average molecular weight is 351 g/mol. The molecular weight excluding hydrogens is 330 g/mol. The second-order valence-electron chi connectivity index (χ2n) is 6.11. The lowest BCUT2D eigenvalue weighted by atomic mass is 10.0. The largest absolute Gasteiger partial charge is 0.368 e. The molecule has 1 aromatic carbocycles. The van der Waals surface area contributed by atoms with E-state index in [4.69, 9.17) is 11.5 Å². The highest BCUT2D eigenvalue weighted by Gasteiger charge is 2.20. The number of primary amides is 1. The molecule has 1 atom stereocenters. The summed E-state index contributed by atoms with van der Waals surface area (Å²) in [6.45, 7) is 0.536. The third kappa shape index (κ3) is 3.62. The minimum Gasteiger partial charge on any atom is -0.368 e. The zero-order valence-corrected chi connectivity index (χ0v) is 14.3. The average Bonchev–Trinajstić information content (AvgIpc) is 2.66. The lowest BCUT2D eigenvalue weighted by Gasteiger charge is -2.16. The molecule has 0 fully saturated rings. The molecule has 3 rings (SSSR count). The molecule has 5 N–H and O–H groups in total. The van der Waals surface area contributed by atoms with Crippen molar-refractivity contribution in [3.8, 4) is 0 Å². The Hall–Kier alpha value is -3.06. The summed E-state index contributed by atoms with van der Waals surface area (Å²) in [7, 11) is 0. The summed E-state index contributed by atoms with van der Waals surface area (Å²) < 4.78 is 0. The van der Waals surface area contributed by atoms with Gasteiger partial charge in [0.1, 0.15) is 6.04 Å². The van der Waals surface area contributed by atoms with Crippen LogP contribution < -0.4 is 16.8 Å². The van der Waals surface area contributed by atoms with E-state index >= 15 is 0 Å². The maximum atomic E-state index is 12.8. The van der Waals surface area contributed by atoms with Gasteiger partial charge in [-0.15, -0.1) is 0 Å². The summed E-state index contributed by atoms with van der Waals surface area (Å²) in [4.78, 5) is 33.2. The van der Waals surface area contributed by atoms with Crippen molar-refractivity contribution in [1.82, 2.24) is 15.3 Å². The van der Waals surface area contributed by atoms with E-state index in [0.29, 0.717) is 29.4 Å². The molecule has 0 spiro atoms. The van der Waals surface area contributed by atoms with Crippen molar-refractivity contribution in [2.24, 2.45) is 11.5 Å². The Bertz CT molecular complexity index is 957. The number of fused-ring (bicyclic) bond motifs is 3. The number of nitrogens with one attached hydrogen (secondary N) is 1. The smallest absolute Gasteiger partial charge is 0.252 e. The number of carbonyl (C=O) groups excluding carboxylic acids is 2. The Balaban J connectivity index is 1.92. The molecule has 7 nitrogen and oxygen atoms in total. The zero-order chi connectivity index (χ0) is 18.5. The zero-order valence-electron chi connectivity index (χ0n) is 14.3. The predicted molar refractivity (Wildman–Crippen MR) is 100 cm³/mol. The van der Waals surface area contributed by atoms with Gasteiger partial charge in [0.2, 0.25) is 5.91 Å². The van der Waals surface area contributed by atoms with Crippen LogP contribution in [-0.2, 0) is 4.79 Å². The van der Waals surface area contributed by atoms with E-state index in [1.54, 1.807) is 18.5 Å². The second-order valence-corrected chi connectivity index (χ2v) is 6.11. The van der Waals surface area contributed by atoms with Gasteiger partial charge in [0.05, 0.1) is 16.6 Å². The minimum atomic E-state index is -0.726. The van der Waals surface area contributed by atoms with Gasteiger partial charge in [-0.1, -0.05) is 18.2 Å². The topological polar surface area (TPSA) is 124 Å². The minimum absolute atomic E-state index is 0.357. The van der Waals surface area contributed by atoms with Crippen LogP contribution in [0.25, 0.3) is 21.8 Å². The van der Waals surface area contributed by atoms with Crippen LogP contribution in [0.4, 0.5) is 0 Å². The van der Waals surface area contributed by atoms with Gasteiger partial charge in [0, 0.05) is 23.2 Å². The molecule has 2 aromatic heterocycles. The van der Waals surface area contributed by atoms with Crippen LogP contribution in [0.15, 0.2) is 42.7 Å². The fourth-order valence-electron chi connectivity index (χ4n) is 2.97. The van der Waals surface area contributed by atoms with E-state index in [2.05, 4.69) is 15.3 Å². The highest BCUT2D eigenvalue weighted by atomic mass is 16.2. The molecule has 0 saturated carbocycles. The molecule has 3 aromatic rings. The fraction of sp³-hybridized carbons (Fsp3) is 0.263. The number of pyridine rings is 2. The van der Waals surface area contributed by atoms with Gasteiger partial charge in [-0.3, -0.25) is 19.6 Å². The van der Waals surface area contributed by atoms with Crippen LogP contribution in [-0.4, -0.2) is 34.4 Å². The molecule has 134 valence electrons. The van der Waals surface area contributed by atoms with Crippen LogP contribution >= 0.6 is 0 Å². The summed E-state index contributed by atoms with van der Waals surface area (Å²) >= 11 is 0. The van der Waals surface area contributed by atoms with Crippen LogP contribution in [0, 0.1) is 0 Å². The number of nitrogens with zero attached hydrogens (tertiary/aromatic N) is 2.